The molecule has 0 aliphatic carbocycles. The van der Waals surface area contributed by atoms with E-state index in [-0.39, 0.29) is 0 Å². The fourth-order valence-corrected chi connectivity index (χ4v) is 1.28. The molecule has 1 aromatic carbocycles. The number of hydrogen-bond acceptors (Lipinski definition) is 3. The monoisotopic (exact) mass is 301 g/mol. The van der Waals surface area contributed by atoms with E-state index in [1.54, 1.807) is 0 Å². The van der Waals surface area contributed by atoms with Crippen LogP contribution in [0.3, 0.4) is 0 Å². The Morgan fingerprint density at radius 1 is 1.10 bits per heavy atom. The van der Waals surface area contributed by atoms with Crippen LogP contribution in [0.1, 0.15) is 17.3 Å². The quantitative estimate of drug-likeness (QED) is 0.689. The van der Waals surface area contributed by atoms with Gasteiger partial charge in [0.2, 0.25) is 0 Å². The van der Waals surface area contributed by atoms with Gasteiger partial charge in [0.15, 0.2) is 11.3 Å². The minimum atomic E-state index is -5.14. The first-order valence-electron chi connectivity index (χ1n) is 5.11. The topological polar surface area (TPSA) is 52.3 Å². The van der Waals surface area contributed by atoms with Crippen molar-refractivity contribution >= 4 is 5.78 Å². The Morgan fingerprint density at radius 2 is 1.60 bits per heavy atom. The Bertz CT molecular complexity index is 506. The minimum absolute atomic E-state index is 0.375. The summed E-state index contributed by atoms with van der Waals surface area (Å²) in [6.07, 6.45) is -10.3. The molecule has 1 atom stereocenters. The molecule has 0 aliphatic rings. The van der Waals surface area contributed by atoms with Crippen molar-refractivity contribution in [3.05, 3.63) is 29.8 Å². The smallest absolute Gasteiger partial charge is 0.405 e. The lowest BCUT2D eigenvalue weighted by Gasteiger charge is -2.26. The van der Waals surface area contributed by atoms with Crippen LogP contribution in [-0.2, 0) is 0 Å². The van der Waals surface area contributed by atoms with Crippen molar-refractivity contribution in [1.29, 1.82) is 0 Å². The third-order valence-electron chi connectivity index (χ3n) is 2.42. The highest BCUT2D eigenvalue weighted by molar-refractivity contribution is 6.05. The zero-order valence-corrected chi connectivity index (χ0v) is 9.97. The molecule has 0 aromatic heterocycles. The van der Waals surface area contributed by atoms with E-state index in [0.717, 1.165) is 24.3 Å². The zero-order chi connectivity index (χ0) is 15.8. The number of alkyl halides is 6. The maximum atomic E-state index is 12.6. The summed E-state index contributed by atoms with van der Waals surface area (Å²) in [5, 5.41) is 0. The fraction of sp³-hybridized carbons (Fsp3) is 0.364. The number of hydrogen-bond donors (Lipinski definition) is 1. The molecular formula is C11H9F6NO2. The molecule has 1 unspecified atom stereocenters. The van der Waals surface area contributed by atoms with Gasteiger partial charge in [-0.2, -0.15) is 13.2 Å². The highest BCUT2D eigenvalue weighted by Gasteiger charge is 2.54. The predicted molar refractivity (Wildman–Crippen MR) is 56.1 cm³/mol. The van der Waals surface area contributed by atoms with Gasteiger partial charge in [-0.1, -0.05) is 12.1 Å². The second-order valence-corrected chi connectivity index (χ2v) is 4.07. The molecule has 0 spiro atoms. The highest BCUT2D eigenvalue weighted by atomic mass is 19.4. The van der Waals surface area contributed by atoms with E-state index in [1.807, 2.05) is 0 Å². The third kappa shape index (κ3) is 3.41. The van der Waals surface area contributed by atoms with E-state index < -0.39 is 35.2 Å². The Kier molecular flexibility index (Phi) is 4.04. The summed E-state index contributed by atoms with van der Waals surface area (Å²) in [5.41, 5.74) is 0.673. The lowest BCUT2D eigenvalue weighted by atomic mass is 9.91. The van der Waals surface area contributed by atoms with Crippen molar-refractivity contribution in [3.8, 4) is 5.75 Å². The average Bonchev–Trinajstić information content (AvgIpc) is 2.25. The molecule has 9 heteroatoms. The number of rotatable bonds is 3. The van der Waals surface area contributed by atoms with Crippen molar-refractivity contribution in [2.75, 3.05) is 0 Å². The molecule has 20 heavy (non-hydrogen) atoms. The number of Topliss-reactive ketones (excluding diaryl/α,β-unsaturated/α-hetero) is 1. The summed E-state index contributed by atoms with van der Waals surface area (Å²) in [6, 6.07) is 3.69. The van der Waals surface area contributed by atoms with E-state index in [0.29, 0.717) is 6.92 Å². The maximum absolute atomic E-state index is 12.6. The number of halogens is 6. The first-order chi connectivity index (χ1) is 8.86. The molecule has 2 N–H and O–H groups in total. The molecule has 3 nitrogen and oxygen atoms in total. The van der Waals surface area contributed by atoms with Gasteiger partial charge in [-0.15, -0.1) is 13.2 Å². The number of nitrogens with two attached hydrogens (primary N) is 1. The summed E-state index contributed by atoms with van der Waals surface area (Å²) < 4.78 is 77.8. The first-order valence-corrected chi connectivity index (χ1v) is 5.11. The van der Waals surface area contributed by atoms with Gasteiger partial charge >= 0.3 is 12.5 Å². The van der Waals surface area contributed by atoms with Crippen molar-refractivity contribution in [2.24, 2.45) is 5.73 Å². The van der Waals surface area contributed by atoms with Crippen molar-refractivity contribution in [2.45, 2.75) is 25.0 Å². The number of para-hydroxylation sites is 1. The Labute approximate surface area is 109 Å². The van der Waals surface area contributed by atoms with Gasteiger partial charge in [0.1, 0.15) is 5.75 Å². The van der Waals surface area contributed by atoms with Crippen LogP contribution in [0.15, 0.2) is 24.3 Å². The molecule has 0 heterocycles. The van der Waals surface area contributed by atoms with E-state index in [1.165, 1.54) is 0 Å². The van der Waals surface area contributed by atoms with Crippen LogP contribution in [-0.4, -0.2) is 23.9 Å². The Balaban J connectivity index is 3.24. The number of carbonyl (C=O) groups excluding carboxylic acids is 1. The van der Waals surface area contributed by atoms with Gasteiger partial charge in [0, 0.05) is 0 Å². The van der Waals surface area contributed by atoms with E-state index in [4.69, 9.17) is 5.73 Å². The van der Waals surface area contributed by atoms with Gasteiger partial charge in [0.25, 0.3) is 0 Å². The van der Waals surface area contributed by atoms with Crippen LogP contribution < -0.4 is 10.5 Å². The predicted octanol–water partition coefficient (Wildman–Crippen LogP) is 3.05. The van der Waals surface area contributed by atoms with E-state index in [2.05, 4.69) is 4.74 Å². The lowest BCUT2D eigenvalue weighted by molar-refractivity contribution is -0.274. The average molecular weight is 301 g/mol. The number of ketones is 1. The van der Waals surface area contributed by atoms with Crippen LogP contribution in [0, 0.1) is 0 Å². The fourth-order valence-electron chi connectivity index (χ4n) is 1.28. The van der Waals surface area contributed by atoms with Crippen molar-refractivity contribution in [1.82, 2.24) is 0 Å². The molecule has 0 aliphatic heterocycles. The van der Waals surface area contributed by atoms with Gasteiger partial charge < -0.3 is 10.5 Å². The number of benzene rings is 1. The number of ether oxygens (including phenoxy) is 1. The Hall–Kier alpha value is -1.77. The van der Waals surface area contributed by atoms with Crippen LogP contribution in [0.25, 0.3) is 0 Å². The second-order valence-electron chi connectivity index (χ2n) is 4.07. The first kappa shape index (κ1) is 16.3. The third-order valence-corrected chi connectivity index (χ3v) is 2.42. The van der Waals surface area contributed by atoms with Crippen LogP contribution in [0.2, 0.25) is 0 Å². The largest absolute Gasteiger partial charge is 0.573 e. The summed E-state index contributed by atoms with van der Waals surface area (Å²) in [5.74, 6) is -2.75. The maximum Gasteiger partial charge on any atom is 0.573 e. The van der Waals surface area contributed by atoms with Gasteiger partial charge in [-0.3, -0.25) is 4.79 Å². The molecule has 0 amide bonds. The highest BCUT2D eigenvalue weighted by Crippen LogP contribution is 2.34. The van der Waals surface area contributed by atoms with Gasteiger partial charge in [-0.25, -0.2) is 0 Å². The molecule has 0 bridgehead atoms. The summed E-state index contributed by atoms with van der Waals surface area (Å²) >= 11 is 0. The van der Waals surface area contributed by atoms with Crippen molar-refractivity contribution in [3.63, 3.8) is 0 Å². The summed E-state index contributed by atoms with van der Waals surface area (Å²) in [6.45, 7) is 0.375. The van der Waals surface area contributed by atoms with Crippen LogP contribution in [0.4, 0.5) is 26.3 Å². The SMILES string of the molecule is CC(N)(C(=O)c1ccccc1OC(F)(F)F)C(F)(F)F. The molecular weight excluding hydrogens is 292 g/mol. The molecule has 112 valence electrons. The molecule has 0 radical (unpaired) electrons. The molecule has 1 aromatic rings. The van der Waals surface area contributed by atoms with E-state index >= 15 is 0 Å². The lowest BCUT2D eigenvalue weighted by Crippen LogP contribution is -2.57. The molecule has 0 fully saturated rings. The second kappa shape index (κ2) is 4.97. The summed E-state index contributed by atoms with van der Waals surface area (Å²) in [7, 11) is 0. The Morgan fingerprint density at radius 3 is 2.05 bits per heavy atom. The van der Waals surface area contributed by atoms with Crippen molar-refractivity contribution < 1.29 is 35.9 Å². The normalized spacial score (nSPS) is 15.6. The zero-order valence-electron chi connectivity index (χ0n) is 9.97. The molecule has 1 rings (SSSR count). The van der Waals surface area contributed by atoms with Crippen LogP contribution in [0.5, 0.6) is 5.75 Å². The van der Waals surface area contributed by atoms with Crippen LogP contribution >= 0.6 is 0 Å². The minimum Gasteiger partial charge on any atom is -0.405 e. The molecule has 0 saturated carbocycles. The summed E-state index contributed by atoms with van der Waals surface area (Å²) in [4.78, 5) is 11.7. The van der Waals surface area contributed by atoms with Gasteiger partial charge in [0.05, 0.1) is 5.56 Å². The van der Waals surface area contributed by atoms with Gasteiger partial charge in [-0.05, 0) is 19.1 Å². The number of carbonyl (C=O) groups is 1. The molecule has 0 saturated heterocycles. The van der Waals surface area contributed by atoms with E-state index in [9.17, 15) is 31.1 Å². The standard InChI is InChI=1S/C11H9F6NO2/c1-9(18,10(12,13)14)8(19)6-4-2-3-5-7(6)20-11(15,16)17/h2-5H,18H2,1H3.